The molecule has 0 bridgehead atoms. The minimum Gasteiger partial charge on any atom is -0.467 e. The second-order valence-electron chi connectivity index (χ2n) is 8.22. The van der Waals surface area contributed by atoms with E-state index in [0.29, 0.717) is 17.4 Å². The monoisotopic (exact) mass is 541 g/mol. The molecule has 0 fully saturated rings. The number of amides is 1. The highest BCUT2D eigenvalue weighted by molar-refractivity contribution is 7.87. The molecule has 0 unspecified atom stereocenters. The van der Waals surface area contributed by atoms with Crippen LogP contribution < -0.4 is 4.18 Å². The summed E-state index contributed by atoms with van der Waals surface area (Å²) in [7, 11) is -4.50. The molecule has 0 radical (unpaired) electrons. The van der Waals surface area contributed by atoms with Crippen molar-refractivity contribution >= 4 is 22.1 Å². The molecule has 4 aromatic rings. The third kappa shape index (κ3) is 7.13. The van der Waals surface area contributed by atoms with Gasteiger partial charge in [0.25, 0.3) is 0 Å². The van der Waals surface area contributed by atoms with Gasteiger partial charge in [-0.15, -0.1) is 0 Å². The van der Waals surface area contributed by atoms with Gasteiger partial charge in [-0.1, -0.05) is 48.5 Å². The van der Waals surface area contributed by atoms with Crippen LogP contribution in [0.4, 0.5) is 13.2 Å². The third-order valence-corrected chi connectivity index (χ3v) is 6.65. The van der Waals surface area contributed by atoms with Gasteiger partial charge in [-0.25, -0.2) is 0 Å². The van der Waals surface area contributed by atoms with Gasteiger partial charge in [0.1, 0.15) is 16.4 Å². The summed E-state index contributed by atoms with van der Waals surface area (Å²) in [5, 5.41) is 0. The highest BCUT2D eigenvalue weighted by atomic mass is 32.2. The van der Waals surface area contributed by atoms with E-state index in [1.165, 1.54) is 24.5 Å². The molecule has 10 heteroatoms. The average Bonchev–Trinajstić information content (AvgIpc) is 3.41. The molecule has 0 aliphatic heterocycles. The van der Waals surface area contributed by atoms with Crippen molar-refractivity contribution < 1.29 is 35.0 Å². The summed E-state index contributed by atoms with van der Waals surface area (Å²) in [6.07, 6.45) is -0.0262. The van der Waals surface area contributed by atoms with Crippen molar-refractivity contribution in [1.29, 1.82) is 0 Å². The number of carbonyl (C=O) groups excluding carboxylic acids is 1. The molecule has 0 aliphatic rings. The number of hydrogen-bond donors (Lipinski definition) is 0. The molecule has 6 nitrogen and oxygen atoms in total. The quantitative estimate of drug-likeness (QED) is 0.183. The zero-order valence-corrected chi connectivity index (χ0v) is 20.7. The Balaban J connectivity index is 1.48. The van der Waals surface area contributed by atoms with Crippen LogP contribution in [-0.4, -0.2) is 19.2 Å². The van der Waals surface area contributed by atoms with E-state index in [9.17, 15) is 26.4 Å². The average molecular weight is 542 g/mol. The summed E-state index contributed by atoms with van der Waals surface area (Å²) >= 11 is 0. The van der Waals surface area contributed by atoms with E-state index >= 15 is 0 Å². The third-order valence-electron chi connectivity index (χ3n) is 5.41. The molecule has 0 spiro atoms. The van der Waals surface area contributed by atoms with Crippen molar-refractivity contribution in [2.24, 2.45) is 0 Å². The molecule has 0 N–H and O–H groups in total. The maximum atomic E-state index is 13.0. The summed E-state index contributed by atoms with van der Waals surface area (Å²) in [6.45, 7) is 0.381. The lowest BCUT2D eigenvalue weighted by molar-refractivity contribution is -0.137. The zero-order valence-electron chi connectivity index (χ0n) is 19.8. The minimum absolute atomic E-state index is 0.0842. The molecule has 1 amide bonds. The minimum atomic E-state index is -4.69. The molecule has 0 aliphatic carbocycles. The summed E-state index contributed by atoms with van der Waals surface area (Å²) in [4.78, 5) is 13.9. The first-order valence-electron chi connectivity index (χ1n) is 11.4. The van der Waals surface area contributed by atoms with Crippen LogP contribution in [0.15, 0.2) is 113 Å². The van der Waals surface area contributed by atoms with Gasteiger partial charge in [-0.3, -0.25) is 4.79 Å². The van der Waals surface area contributed by atoms with Crippen LogP contribution >= 0.6 is 0 Å². The van der Waals surface area contributed by atoms with E-state index in [4.69, 9.17) is 8.60 Å². The van der Waals surface area contributed by atoms with Gasteiger partial charge in [0.15, 0.2) is 0 Å². The Labute approximate surface area is 217 Å². The van der Waals surface area contributed by atoms with Crippen LogP contribution in [0.5, 0.6) is 5.75 Å². The molecule has 196 valence electrons. The topological polar surface area (TPSA) is 76.8 Å². The standard InChI is InChI=1S/C28H22F3NO5S/c29-28(30,31)23-8-4-10-26(18-23)38(34,35)37-24-14-11-22(12-15-24)19-32(20-25-9-5-17-36-25)27(33)16-13-21-6-2-1-3-7-21/h1-18H,19-20H2. The normalized spacial score (nSPS) is 12.0. The van der Waals surface area contributed by atoms with Gasteiger partial charge in [0.05, 0.1) is 18.4 Å². The molecule has 1 heterocycles. The predicted molar refractivity (Wildman–Crippen MR) is 134 cm³/mol. The van der Waals surface area contributed by atoms with Gasteiger partial charge in [0, 0.05) is 12.6 Å². The first-order chi connectivity index (χ1) is 18.1. The molecule has 0 saturated carbocycles. The highest BCUT2D eigenvalue weighted by Gasteiger charge is 2.32. The Morgan fingerprint density at radius 3 is 2.29 bits per heavy atom. The largest absolute Gasteiger partial charge is 0.467 e. The van der Waals surface area contributed by atoms with E-state index in [1.54, 1.807) is 35.2 Å². The van der Waals surface area contributed by atoms with Crippen molar-refractivity contribution in [3.63, 3.8) is 0 Å². The fraction of sp³-hybridized carbons (Fsp3) is 0.107. The van der Waals surface area contributed by atoms with Crippen LogP contribution in [0.2, 0.25) is 0 Å². The van der Waals surface area contributed by atoms with E-state index in [2.05, 4.69) is 0 Å². The molecule has 4 rings (SSSR count). The zero-order chi connectivity index (χ0) is 27.2. The molecule has 38 heavy (non-hydrogen) atoms. The SMILES string of the molecule is O=C(C=Cc1ccccc1)N(Cc1ccc(OS(=O)(=O)c2cccc(C(F)(F)F)c2)cc1)Cc1ccco1. The molecule has 0 saturated heterocycles. The van der Waals surface area contributed by atoms with E-state index in [-0.39, 0.29) is 24.7 Å². The highest BCUT2D eigenvalue weighted by Crippen LogP contribution is 2.31. The van der Waals surface area contributed by atoms with Crippen molar-refractivity contribution in [2.75, 3.05) is 0 Å². The van der Waals surface area contributed by atoms with Gasteiger partial charge in [0.2, 0.25) is 5.91 Å². The van der Waals surface area contributed by atoms with Crippen molar-refractivity contribution in [2.45, 2.75) is 24.2 Å². The van der Waals surface area contributed by atoms with Gasteiger partial charge in [-0.05, 0) is 59.7 Å². The maximum absolute atomic E-state index is 13.0. The second kappa shape index (κ2) is 11.4. The summed E-state index contributed by atoms with van der Waals surface area (Å²) in [5.41, 5.74) is 0.435. The Kier molecular flexibility index (Phi) is 8.02. The number of rotatable bonds is 9. The maximum Gasteiger partial charge on any atom is 0.416 e. The van der Waals surface area contributed by atoms with Gasteiger partial charge < -0.3 is 13.5 Å². The Bertz CT molecular complexity index is 1500. The summed E-state index contributed by atoms with van der Waals surface area (Å²) < 4.78 is 74.4. The Morgan fingerprint density at radius 2 is 1.63 bits per heavy atom. The lowest BCUT2D eigenvalue weighted by Crippen LogP contribution is -2.28. The number of benzene rings is 3. The van der Waals surface area contributed by atoms with E-state index in [1.807, 2.05) is 30.3 Å². The first-order valence-corrected chi connectivity index (χ1v) is 12.8. The van der Waals surface area contributed by atoms with Gasteiger partial charge >= 0.3 is 16.3 Å². The molecular weight excluding hydrogens is 519 g/mol. The van der Waals surface area contributed by atoms with Crippen molar-refractivity contribution in [1.82, 2.24) is 4.90 Å². The number of halogens is 3. The number of nitrogens with zero attached hydrogens (tertiary/aromatic N) is 1. The Hall–Kier alpha value is -4.31. The number of carbonyl (C=O) groups is 1. The molecule has 0 atom stereocenters. The molecular formula is C28H22F3NO5S. The molecule has 1 aromatic heterocycles. The summed E-state index contributed by atoms with van der Waals surface area (Å²) in [5.74, 6) is 0.232. The number of alkyl halides is 3. The number of hydrogen-bond acceptors (Lipinski definition) is 5. The van der Waals surface area contributed by atoms with Crippen LogP contribution in [-0.2, 0) is 34.2 Å². The second-order valence-corrected chi connectivity index (χ2v) is 9.77. The van der Waals surface area contributed by atoms with E-state index < -0.39 is 26.8 Å². The van der Waals surface area contributed by atoms with Crippen LogP contribution in [0, 0.1) is 0 Å². The van der Waals surface area contributed by atoms with Crippen molar-refractivity contribution in [3.05, 3.63) is 126 Å². The van der Waals surface area contributed by atoms with Crippen LogP contribution in [0.25, 0.3) is 6.08 Å². The fourth-order valence-corrected chi connectivity index (χ4v) is 4.49. The van der Waals surface area contributed by atoms with E-state index in [0.717, 1.165) is 23.8 Å². The van der Waals surface area contributed by atoms with Crippen LogP contribution in [0.1, 0.15) is 22.5 Å². The predicted octanol–water partition coefficient (Wildman–Crippen LogP) is 6.31. The van der Waals surface area contributed by atoms with Gasteiger partial charge in [-0.2, -0.15) is 21.6 Å². The van der Waals surface area contributed by atoms with Crippen molar-refractivity contribution in [3.8, 4) is 5.75 Å². The number of furan rings is 1. The first kappa shape index (κ1) is 26.7. The molecule has 3 aromatic carbocycles. The van der Waals surface area contributed by atoms with Crippen LogP contribution in [0.3, 0.4) is 0 Å². The summed E-state index contributed by atoms with van der Waals surface area (Å²) in [6, 6.07) is 22.0. The fourth-order valence-electron chi connectivity index (χ4n) is 3.51. The lowest BCUT2D eigenvalue weighted by Gasteiger charge is -2.20. The lowest BCUT2D eigenvalue weighted by atomic mass is 10.2. The Morgan fingerprint density at radius 1 is 0.895 bits per heavy atom. The smallest absolute Gasteiger partial charge is 0.416 e.